The molecule has 0 amide bonds. The molecule has 1 aromatic heterocycles. The van der Waals surface area contributed by atoms with Crippen LogP contribution >= 0.6 is 11.8 Å². The van der Waals surface area contributed by atoms with Crippen molar-refractivity contribution in [2.24, 2.45) is 0 Å². The Balaban J connectivity index is 1.66. The van der Waals surface area contributed by atoms with Crippen LogP contribution in [0.1, 0.15) is 35.7 Å². The van der Waals surface area contributed by atoms with Crippen LogP contribution in [0.15, 0.2) is 103 Å². The third-order valence-electron chi connectivity index (χ3n) is 7.29. The lowest BCUT2D eigenvalue weighted by atomic mass is 9.74. The standard InChI is InChI=1S/C32H32N4O3S/c1-24(37)40-30-18-19-35(22-25(30)20-29-21-33-34-36(29)23-31(38)39-2)32(26-12-6-3-7-13-26,27-14-8-4-9-15-27)28-16-10-5-11-17-28/h3-17,20-21,30H,18-19,22-23H2,1-2H3/b25-20-. The number of likely N-dealkylation sites (tertiary alicyclic amines) is 1. The van der Waals surface area contributed by atoms with Crippen LogP contribution in [-0.4, -0.2) is 56.4 Å². The number of ether oxygens (including phenoxy) is 1. The number of benzene rings is 3. The van der Waals surface area contributed by atoms with E-state index in [1.54, 1.807) is 13.1 Å². The first-order chi connectivity index (χ1) is 19.5. The number of nitrogens with zero attached hydrogens (tertiary/aromatic N) is 4. The first kappa shape index (κ1) is 27.6. The molecule has 0 saturated carbocycles. The van der Waals surface area contributed by atoms with E-state index in [1.165, 1.54) is 40.2 Å². The zero-order chi connectivity index (χ0) is 28.0. The maximum Gasteiger partial charge on any atom is 0.327 e. The van der Waals surface area contributed by atoms with E-state index in [-0.39, 0.29) is 16.9 Å². The number of methoxy groups -OCH3 is 1. The molecule has 0 aliphatic carbocycles. The minimum atomic E-state index is -0.570. The fraction of sp³-hybridized carbons (Fsp3) is 0.250. The summed E-state index contributed by atoms with van der Waals surface area (Å²) in [4.78, 5) is 26.8. The predicted octanol–water partition coefficient (Wildman–Crippen LogP) is 5.18. The summed E-state index contributed by atoms with van der Waals surface area (Å²) in [5.41, 5.74) is 4.71. The molecule has 1 fully saturated rings. The van der Waals surface area contributed by atoms with Crippen LogP contribution in [0.3, 0.4) is 0 Å². The number of carbonyl (C=O) groups excluding carboxylic acids is 2. The van der Waals surface area contributed by atoms with Crippen molar-refractivity contribution in [2.75, 3.05) is 20.2 Å². The number of rotatable bonds is 8. The quantitative estimate of drug-likeness (QED) is 0.220. The Hall–Kier alpha value is -4.01. The molecule has 0 radical (unpaired) electrons. The Morgan fingerprint density at radius 3 is 2.00 bits per heavy atom. The van der Waals surface area contributed by atoms with Gasteiger partial charge in [0.15, 0.2) is 5.12 Å². The molecular formula is C32H32N4O3S. The third kappa shape index (κ3) is 5.64. The monoisotopic (exact) mass is 552 g/mol. The highest BCUT2D eigenvalue weighted by Gasteiger charge is 2.44. The van der Waals surface area contributed by atoms with Crippen molar-refractivity contribution < 1.29 is 14.3 Å². The van der Waals surface area contributed by atoms with Gasteiger partial charge in [-0.1, -0.05) is 108 Å². The molecule has 1 atom stereocenters. The normalized spacial score (nSPS) is 17.1. The average molecular weight is 553 g/mol. The van der Waals surface area contributed by atoms with Crippen molar-refractivity contribution in [3.63, 3.8) is 0 Å². The van der Waals surface area contributed by atoms with Gasteiger partial charge in [0.1, 0.15) is 6.54 Å². The molecule has 1 aliphatic rings. The second-order valence-corrected chi connectivity index (χ2v) is 11.1. The SMILES string of the molecule is COC(=O)Cn1nncc1/C=C1/CN(C(c2ccccc2)(c2ccccc2)c2ccccc2)CCC1SC(C)=O. The third-order valence-corrected chi connectivity index (χ3v) is 8.45. The molecule has 1 aliphatic heterocycles. The molecule has 0 spiro atoms. The summed E-state index contributed by atoms with van der Waals surface area (Å²) in [7, 11) is 1.35. The fourth-order valence-electron chi connectivity index (χ4n) is 5.58. The van der Waals surface area contributed by atoms with Gasteiger partial charge in [0.25, 0.3) is 0 Å². The van der Waals surface area contributed by atoms with Crippen LogP contribution in [0.2, 0.25) is 0 Å². The van der Waals surface area contributed by atoms with Crippen LogP contribution in [0.5, 0.6) is 0 Å². The molecule has 8 heteroatoms. The van der Waals surface area contributed by atoms with Crippen molar-refractivity contribution in [3.05, 3.63) is 125 Å². The topological polar surface area (TPSA) is 77.3 Å². The average Bonchev–Trinajstić information content (AvgIpc) is 3.42. The highest BCUT2D eigenvalue weighted by Crippen LogP contribution is 2.45. The smallest absolute Gasteiger partial charge is 0.327 e. The van der Waals surface area contributed by atoms with Crippen LogP contribution in [0, 0.1) is 0 Å². The molecule has 204 valence electrons. The Morgan fingerprint density at radius 1 is 0.950 bits per heavy atom. The van der Waals surface area contributed by atoms with Crippen molar-refractivity contribution >= 4 is 28.9 Å². The Morgan fingerprint density at radius 2 is 1.50 bits per heavy atom. The number of carbonyl (C=O) groups is 2. The van der Waals surface area contributed by atoms with E-state index in [1.807, 2.05) is 24.3 Å². The van der Waals surface area contributed by atoms with E-state index in [4.69, 9.17) is 4.74 Å². The molecular weight excluding hydrogens is 520 g/mol. The van der Waals surface area contributed by atoms with Crippen LogP contribution in [0.4, 0.5) is 0 Å². The second kappa shape index (κ2) is 12.4. The molecule has 4 aromatic rings. The zero-order valence-electron chi connectivity index (χ0n) is 22.6. The summed E-state index contributed by atoms with van der Waals surface area (Å²) in [6, 6.07) is 31.8. The molecule has 1 saturated heterocycles. The number of hydrogen-bond donors (Lipinski definition) is 0. The van der Waals surface area contributed by atoms with Gasteiger partial charge in [-0.25, -0.2) is 4.68 Å². The molecule has 3 aromatic carbocycles. The highest BCUT2D eigenvalue weighted by atomic mass is 32.2. The molecule has 2 heterocycles. The number of aromatic nitrogens is 3. The number of piperidine rings is 1. The second-order valence-electron chi connectivity index (χ2n) is 9.73. The first-order valence-electron chi connectivity index (χ1n) is 13.3. The predicted molar refractivity (Wildman–Crippen MR) is 157 cm³/mol. The highest BCUT2D eigenvalue weighted by molar-refractivity contribution is 8.14. The summed E-state index contributed by atoms with van der Waals surface area (Å²) in [6.07, 6.45) is 4.45. The van der Waals surface area contributed by atoms with E-state index < -0.39 is 11.5 Å². The van der Waals surface area contributed by atoms with Crippen molar-refractivity contribution in [2.45, 2.75) is 30.7 Å². The molecule has 40 heavy (non-hydrogen) atoms. The Labute approximate surface area is 238 Å². The van der Waals surface area contributed by atoms with Crippen molar-refractivity contribution in [3.8, 4) is 0 Å². The fourth-order valence-corrected chi connectivity index (χ4v) is 6.50. The van der Waals surface area contributed by atoms with Crippen LogP contribution in [-0.2, 0) is 26.4 Å². The Kier molecular flexibility index (Phi) is 8.57. The van der Waals surface area contributed by atoms with E-state index in [0.29, 0.717) is 12.2 Å². The Bertz CT molecular complexity index is 1380. The minimum Gasteiger partial charge on any atom is -0.468 e. The van der Waals surface area contributed by atoms with Crippen LogP contribution < -0.4 is 0 Å². The zero-order valence-corrected chi connectivity index (χ0v) is 23.5. The molecule has 7 nitrogen and oxygen atoms in total. The van der Waals surface area contributed by atoms with E-state index in [0.717, 1.165) is 18.5 Å². The summed E-state index contributed by atoms with van der Waals surface area (Å²) >= 11 is 1.35. The lowest BCUT2D eigenvalue weighted by Crippen LogP contribution is -2.52. The largest absolute Gasteiger partial charge is 0.468 e. The van der Waals surface area contributed by atoms with Gasteiger partial charge in [-0.05, 0) is 34.8 Å². The van der Waals surface area contributed by atoms with Gasteiger partial charge in [0.2, 0.25) is 0 Å². The van der Waals surface area contributed by atoms with Crippen molar-refractivity contribution in [1.82, 2.24) is 19.9 Å². The van der Waals surface area contributed by atoms with Gasteiger partial charge >= 0.3 is 5.97 Å². The first-order valence-corrected chi connectivity index (χ1v) is 14.1. The van der Waals surface area contributed by atoms with E-state index in [2.05, 4.69) is 88.0 Å². The van der Waals surface area contributed by atoms with Gasteiger partial charge in [-0.15, -0.1) is 5.10 Å². The number of hydrogen-bond acceptors (Lipinski definition) is 7. The van der Waals surface area contributed by atoms with Gasteiger partial charge in [0, 0.05) is 25.3 Å². The summed E-state index contributed by atoms with van der Waals surface area (Å²) < 4.78 is 6.38. The van der Waals surface area contributed by atoms with Crippen molar-refractivity contribution in [1.29, 1.82) is 0 Å². The maximum absolute atomic E-state index is 12.3. The van der Waals surface area contributed by atoms with E-state index in [9.17, 15) is 9.59 Å². The minimum absolute atomic E-state index is 0.00440. The summed E-state index contributed by atoms with van der Waals surface area (Å²) in [5, 5.41) is 8.22. The number of esters is 1. The van der Waals surface area contributed by atoms with Gasteiger partial charge in [-0.3, -0.25) is 14.5 Å². The molecule has 0 N–H and O–H groups in total. The molecule has 1 unspecified atom stereocenters. The summed E-state index contributed by atoms with van der Waals surface area (Å²) in [6.45, 7) is 2.96. The van der Waals surface area contributed by atoms with Gasteiger partial charge in [0.05, 0.1) is 24.5 Å². The molecule has 0 bridgehead atoms. The van der Waals surface area contributed by atoms with E-state index >= 15 is 0 Å². The van der Waals surface area contributed by atoms with Gasteiger partial charge in [-0.2, -0.15) is 0 Å². The maximum atomic E-state index is 12.3. The van der Waals surface area contributed by atoms with Gasteiger partial charge < -0.3 is 4.74 Å². The van der Waals surface area contributed by atoms with Crippen LogP contribution in [0.25, 0.3) is 6.08 Å². The summed E-state index contributed by atoms with van der Waals surface area (Å²) in [5.74, 6) is -0.402. The number of thioether (sulfide) groups is 1. The molecule has 5 rings (SSSR count). The lowest BCUT2D eigenvalue weighted by Gasteiger charge is -2.49. The lowest BCUT2D eigenvalue weighted by molar-refractivity contribution is -0.141.